The summed E-state index contributed by atoms with van der Waals surface area (Å²) in [7, 11) is -3.14. The third-order valence-electron chi connectivity index (χ3n) is 6.10. The minimum absolute atomic E-state index is 0.138. The Labute approximate surface area is 187 Å². The van der Waals surface area contributed by atoms with Crippen LogP contribution in [0.5, 0.6) is 0 Å². The van der Waals surface area contributed by atoms with Crippen LogP contribution in [0.1, 0.15) is 24.3 Å². The second-order valence-electron chi connectivity index (χ2n) is 8.38. The number of pyridine rings is 1. The lowest BCUT2D eigenvalue weighted by atomic mass is 9.99. The number of aromatic nitrogens is 3. The number of para-hydroxylation sites is 1. The van der Waals surface area contributed by atoms with Crippen LogP contribution in [0, 0.1) is 0 Å². The molecule has 0 bridgehead atoms. The number of sulfonamides is 1. The fourth-order valence-electron chi connectivity index (χ4n) is 4.35. The lowest BCUT2D eigenvalue weighted by molar-refractivity contribution is 0.331. The predicted octanol–water partition coefficient (Wildman–Crippen LogP) is 1.50. The SMILES string of the molecule is CS(=O)(=O)N1CCC(Nc2nc3c(Nc4ccccc4)c(C4CNNC4)ccn3n2)CC1. The number of hydrazine groups is 1. The zero-order valence-corrected chi connectivity index (χ0v) is 18.8. The van der Waals surface area contributed by atoms with Crippen LogP contribution in [-0.4, -0.2) is 65.8 Å². The molecule has 4 heterocycles. The summed E-state index contributed by atoms with van der Waals surface area (Å²) in [6.07, 6.45) is 4.66. The number of anilines is 3. The van der Waals surface area contributed by atoms with Gasteiger partial charge in [0.2, 0.25) is 16.0 Å². The normalized spacial score (nSPS) is 18.9. The second kappa shape index (κ2) is 8.66. The zero-order chi connectivity index (χ0) is 22.1. The van der Waals surface area contributed by atoms with Gasteiger partial charge in [0.25, 0.3) is 0 Å². The third kappa shape index (κ3) is 4.42. The molecule has 0 saturated carbocycles. The first kappa shape index (κ1) is 21.1. The Bertz CT molecular complexity index is 1180. The van der Waals surface area contributed by atoms with Gasteiger partial charge >= 0.3 is 0 Å². The molecule has 2 aromatic heterocycles. The summed E-state index contributed by atoms with van der Waals surface area (Å²) in [4.78, 5) is 4.81. The van der Waals surface area contributed by atoms with Crippen molar-refractivity contribution in [2.75, 3.05) is 43.1 Å². The maximum Gasteiger partial charge on any atom is 0.243 e. The van der Waals surface area contributed by atoms with Crippen LogP contribution in [0.4, 0.5) is 17.3 Å². The summed E-state index contributed by atoms with van der Waals surface area (Å²) >= 11 is 0. The molecule has 3 aromatic rings. The molecule has 1 aromatic carbocycles. The van der Waals surface area contributed by atoms with Crippen molar-refractivity contribution in [1.29, 1.82) is 0 Å². The van der Waals surface area contributed by atoms with E-state index in [-0.39, 0.29) is 6.04 Å². The summed E-state index contributed by atoms with van der Waals surface area (Å²) in [6.45, 7) is 2.71. The topological polar surface area (TPSA) is 116 Å². The van der Waals surface area contributed by atoms with Crippen molar-refractivity contribution >= 4 is 33.0 Å². The molecule has 2 fully saturated rings. The van der Waals surface area contributed by atoms with E-state index >= 15 is 0 Å². The summed E-state index contributed by atoms with van der Waals surface area (Å²) in [5, 5.41) is 11.6. The van der Waals surface area contributed by atoms with Crippen LogP contribution >= 0.6 is 0 Å². The van der Waals surface area contributed by atoms with Gasteiger partial charge in [-0.15, -0.1) is 5.10 Å². The van der Waals surface area contributed by atoms with Crippen molar-refractivity contribution < 1.29 is 8.42 Å². The monoisotopic (exact) mass is 456 g/mol. The molecule has 4 N–H and O–H groups in total. The van der Waals surface area contributed by atoms with Crippen molar-refractivity contribution in [3.8, 4) is 0 Å². The number of piperidine rings is 1. The van der Waals surface area contributed by atoms with E-state index < -0.39 is 10.0 Å². The summed E-state index contributed by atoms with van der Waals surface area (Å²) in [5.74, 6) is 0.874. The Morgan fingerprint density at radius 2 is 1.78 bits per heavy atom. The fraction of sp³-hybridized carbons (Fsp3) is 0.429. The highest BCUT2D eigenvalue weighted by Gasteiger charge is 2.26. The van der Waals surface area contributed by atoms with E-state index in [0.717, 1.165) is 43.0 Å². The standard InChI is InChI=1S/C21H28N8O2S/c1-32(30,31)28-10-7-17(8-11-28)25-21-26-20-19(24-16-5-3-2-4-6-16)18(9-12-29(20)27-21)15-13-22-23-14-15/h2-6,9,12,15,17,22-24H,7-8,10-11,13-14H2,1H3,(H,25,27). The molecular weight excluding hydrogens is 428 g/mol. The molecule has 0 radical (unpaired) electrons. The largest absolute Gasteiger partial charge is 0.352 e. The third-order valence-corrected chi connectivity index (χ3v) is 7.40. The molecule has 11 heteroatoms. The van der Waals surface area contributed by atoms with E-state index in [1.165, 1.54) is 16.1 Å². The maximum atomic E-state index is 11.8. The molecule has 0 spiro atoms. The Kier molecular flexibility index (Phi) is 5.72. The number of hydrogen-bond acceptors (Lipinski definition) is 8. The Morgan fingerprint density at radius 1 is 1.06 bits per heavy atom. The molecule has 2 aliphatic heterocycles. The zero-order valence-electron chi connectivity index (χ0n) is 18.0. The van der Waals surface area contributed by atoms with Crippen molar-refractivity contribution in [2.24, 2.45) is 0 Å². The smallest absolute Gasteiger partial charge is 0.243 e. The van der Waals surface area contributed by atoms with Gasteiger partial charge in [0.15, 0.2) is 5.65 Å². The first-order valence-electron chi connectivity index (χ1n) is 10.9. The second-order valence-corrected chi connectivity index (χ2v) is 10.4. The average Bonchev–Trinajstić information content (AvgIpc) is 3.44. The van der Waals surface area contributed by atoms with E-state index in [0.29, 0.717) is 25.0 Å². The van der Waals surface area contributed by atoms with Crippen molar-refractivity contribution in [3.05, 3.63) is 48.2 Å². The molecule has 0 amide bonds. The first-order valence-corrected chi connectivity index (χ1v) is 12.7. The molecule has 2 aliphatic rings. The van der Waals surface area contributed by atoms with Gasteiger partial charge in [-0.05, 0) is 36.6 Å². The van der Waals surface area contributed by atoms with Crippen molar-refractivity contribution in [1.82, 2.24) is 29.8 Å². The quantitative estimate of drug-likeness (QED) is 0.441. The van der Waals surface area contributed by atoms with Crippen molar-refractivity contribution in [2.45, 2.75) is 24.8 Å². The summed E-state index contributed by atoms with van der Waals surface area (Å²) in [6, 6.07) is 12.3. The number of rotatable bonds is 6. The lowest BCUT2D eigenvalue weighted by Gasteiger charge is -2.30. The van der Waals surface area contributed by atoms with E-state index in [2.05, 4.69) is 32.7 Å². The highest BCUT2D eigenvalue weighted by atomic mass is 32.2. The van der Waals surface area contributed by atoms with Crippen molar-refractivity contribution in [3.63, 3.8) is 0 Å². The van der Waals surface area contributed by atoms with Gasteiger partial charge < -0.3 is 10.6 Å². The molecule has 5 rings (SSSR count). The number of fused-ring (bicyclic) bond motifs is 1. The van der Waals surface area contributed by atoms with Gasteiger partial charge in [-0.3, -0.25) is 10.9 Å². The van der Waals surface area contributed by atoms with Gasteiger partial charge in [0.05, 0.1) is 11.9 Å². The van der Waals surface area contributed by atoms with Gasteiger partial charge in [-0.1, -0.05) is 18.2 Å². The number of benzene rings is 1. The van der Waals surface area contributed by atoms with Crippen LogP contribution in [0.2, 0.25) is 0 Å². The van der Waals surface area contributed by atoms with Crippen LogP contribution in [0.25, 0.3) is 5.65 Å². The molecule has 0 aliphatic carbocycles. The highest BCUT2D eigenvalue weighted by Crippen LogP contribution is 2.32. The summed E-state index contributed by atoms with van der Waals surface area (Å²) < 4.78 is 26.8. The predicted molar refractivity (Wildman–Crippen MR) is 125 cm³/mol. The Balaban J connectivity index is 1.42. The lowest BCUT2D eigenvalue weighted by Crippen LogP contribution is -2.41. The van der Waals surface area contributed by atoms with Gasteiger partial charge in [-0.25, -0.2) is 17.2 Å². The highest BCUT2D eigenvalue weighted by molar-refractivity contribution is 7.88. The molecule has 0 atom stereocenters. The van der Waals surface area contributed by atoms with Gasteiger partial charge in [0, 0.05) is 50.0 Å². The van der Waals surface area contributed by atoms with E-state index in [4.69, 9.17) is 4.98 Å². The number of nitrogens with zero attached hydrogens (tertiary/aromatic N) is 4. The average molecular weight is 457 g/mol. The van der Waals surface area contributed by atoms with E-state index in [1.807, 2.05) is 36.5 Å². The van der Waals surface area contributed by atoms with Gasteiger partial charge in [0.1, 0.15) is 0 Å². The minimum Gasteiger partial charge on any atom is -0.352 e. The molecule has 10 nitrogen and oxygen atoms in total. The van der Waals surface area contributed by atoms with Crippen LogP contribution in [0.3, 0.4) is 0 Å². The van der Waals surface area contributed by atoms with Crippen LogP contribution in [-0.2, 0) is 10.0 Å². The maximum absolute atomic E-state index is 11.8. The Hall–Kier alpha value is -2.73. The first-order chi connectivity index (χ1) is 15.5. The minimum atomic E-state index is -3.14. The van der Waals surface area contributed by atoms with Gasteiger partial charge in [-0.2, -0.15) is 4.98 Å². The number of nitrogens with one attached hydrogen (secondary N) is 4. The molecule has 0 unspecified atom stereocenters. The van der Waals surface area contributed by atoms with E-state index in [9.17, 15) is 8.42 Å². The van der Waals surface area contributed by atoms with Crippen LogP contribution in [0.15, 0.2) is 42.6 Å². The molecule has 2 saturated heterocycles. The van der Waals surface area contributed by atoms with Crippen LogP contribution < -0.4 is 21.5 Å². The molecule has 32 heavy (non-hydrogen) atoms. The van der Waals surface area contributed by atoms with E-state index in [1.54, 1.807) is 4.52 Å². The fourth-order valence-corrected chi connectivity index (χ4v) is 5.23. The summed E-state index contributed by atoms with van der Waals surface area (Å²) in [5.41, 5.74) is 10.3. The Morgan fingerprint density at radius 3 is 2.47 bits per heavy atom. The molecular formula is C21H28N8O2S. The molecule has 170 valence electrons. The number of hydrogen-bond donors (Lipinski definition) is 4.